The van der Waals surface area contributed by atoms with Crippen LogP contribution in [-0.2, 0) is 20.9 Å². The lowest BCUT2D eigenvalue weighted by molar-refractivity contribution is -0.161. The average molecular weight is 470 g/mol. The molecular weight excluding hydrogens is 446 g/mol. The number of amides is 1. The number of carbonyl (C=O) groups excluding carboxylic acids is 1. The summed E-state index contributed by atoms with van der Waals surface area (Å²) in [6.45, 7) is -0.0475. The molecule has 5 atom stereocenters. The minimum Gasteiger partial charge on any atom is -0.481 e. The van der Waals surface area contributed by atoms with Crippen molar-refractivity contribution in [3.05, 3.63) is 76.8 Å². The van der Waals surface area contributed by atoms with Gasteiger partial charge in [-0.3, -0.25) is 4.79 Å². The topological polar surface area (TPSA) is 113 Å². The van der Waals surface area contributed by atoms with E-state index in [-0.39, 0.29) is 18.4 Å². The standard InChI is InChI=1S/C25H24ClNO6/c26-19-10-7-15(8-11-19)6-9-17-12-18-13-20(17)25(23(30)31,21(18)22(28)29)27-24(32)33-14-16-4-2-1-3-5-16/h1-11,17-18,20-21H,12-14H2,(H,27,32)(H,28,29)(H,30,31)/b9-6+/t17-,18-,20-,21-,25-/m1/s1. The number of hydrogen-bond acceptors (Lipinski definition) is 4. The van der Waals surface area contributed by atoms with Crippen LogP contribution in [-0.4, -0.2) is 33.8 Å². The molecule has 33 heavy (non-hydrogen) atoms. The van der Waals surface area contributed by atoms with Crippen molar-refractivity contribution in [2.45, 2.75) is 25.0 Å². The minimum absolute atomic E-state index is 0.0475. The van der Waals surface area contributed by atoms with Crippen LogP contribution in [0, 0.1) is 23.7 Å². The van der Waals surface area contributed by atoms with E-state index in [0.29, 0.717) is 17.9 Å². The molecule has 7 nitrogen and oxygen atoms in total. The van der Waals surface area contributed by atoms with E-state index in [1.165, 1.54) is 0 Å². The number of alkyl carbamates (subject to hydrolysis) is 1. The summed E-state index contributed by atoms with van der Waals surface area (Å²) in [5.41, 5.74) is -0.311. The maximum absolute atomic E-state index is 12.6. The van der Waals surface area contributed by atoms with Crippen molar-refractivity contribution in [3.63, 3.8) is 0 Å². The van der Waals surface area contributed by atoms with Crippen LogP contribution in [0.15, 0.2) is 60.7 Å². The van der Waals surface area contributed by atoms with E-state index in [1.54, 1.807) is 36.4 Å². The summed E-state index contributed by atoms with van der Waals surface area (Å²) >= 11 is 5.92. The number of ether oxygens (including phenoxy) is 1. The van der Waals surface area contributed by atoms with E-state index in [4.69, 9.17) is 16.3 Å². The molecule has 0 aromatic heterocycles. The van der Waals surface area contributed by atoms with E-state index in [9.17, 15) is 24.6 Å². The number of benzene rings is 2. The molecule has 2 aromatic carbocycles. The van der Waals surface area contributed by atoms with Crippen LogP contribution in [0.2, 0.25) is 5.02 Å². The molecule has 1 amide bonds. The molecule has 0 heterocycles. The number of hydrogen-bond donors (Lipinski definition) is 3. The molecule has 0 spiro atoms. The second kappa shape index (κ2) is 9.27. The van der Waals surface area contributed by atoms with Gasteiger partial charge in [0.2, 0.25) is 0 Å². The molecule has 2 aliphatic carbocycles. The highest BCUT2D eigenvalue weighted by atomic mass is 35.5. The summed E-state index contributed by atoms with van der Waals surface area (Å²) in [6.07, 6.45) is 3.78. The summed E-state index contributed by atoms with van der Waals surface area (Å²) < 4.78 is 5.24. The molecular formula is C25H24ClNO6. The normalized spacial score (nSPS) is 28.0. The van der Waals surface area contributed by atoms with Crippen molar-refractivity contribution in [3.8, 4) is 0 Å². The van der Waals surface area contributed by atoms with Crippen LogP contribution in [0.5, 0.6) is 0 Å². The molecule has 4 rings (SSSR count). The van der Waals surface area contributed by atoms with E-state index in [0.717, 1.165) is 11.1 Å². The van der Waals surface area contributed by atoms with Gasteiger partial charge >= 0.3 is 18.0 Å². The van der Waals surface area contributed by atoms with Crippen molar-refractivity contribution in [2.75, 3.05) is 0 Å². The largest absolute Gasteiger partial charge is 0.481 e. The molecule has 2 bridgehead atoms. The Labute approximate surface area is 196 Å². The lowest BCUT2D eigenvalue weighted by Crippen LogP contribution is -2.65. The van der Waals surface area contributed by atoms with Crippen LogP contribution in [0.3, 0.4) is 0 Å². The highest BCUT2D eigenvalue weighted by Crippen LogP contribution is 2.58. The number of aliphatic carboxylic acids is 2. The fourth-order valence-electron chi connectivity index (χ4n) is 5.37. The monoisotopic (exact) mass is 469 g/mol. The Morgan fingerprint density at radius 3 is 2.39 bits per heavy atom. The molecule has 2 aliphatic rings. The number of allylic oxidation sites excluding steroid dienone is 1. The number of carboxylic acid groups (broad SMARTS) is 2. The lowest BCUT2D eigenvalue weighted by atomic mass is 9.68. The van der Waals surface area contributed by atoms with Crippen molar-refractivity contribution in [1.29, 1.82) is 0 Å². The summed E-state index contributed by atoms with van der Waals surface area (Å²) in [5, 5.41) is 23.2. The molecule has 2 fully saturated rings. The van der Waals surface area contributed by atoms with Gasteiger partial charge in [-0.25, -0.2) is 9.59 Å². The SMILES string of the molecule is O=C(N[C@]1(C(=O)O)[C@@H]2C[C@@H](C[C@H]2/C=C/c2ccc(Cl)cc2)[C@@H]1C(=O)O)OCc1ccccc1. The van der Waals surface area contributed by atoms with Crippen LogP contribution < -0.4 is 5.32 Å². The third-order valence-corrected chi connectivity index (χ3v) is 6.99. The van der Waals surface area contributed by atoms with Gasteiger partial charge in [0.25, 0.3) is 0 Å². The Bertz CT molecular complexity index is 1070. The first-order valence-corrected chi connectivity index (χ1v) is 11.1. The molecule has 0 aliphatic heterocycles. The fraction of sp³-hybridized carbons (Fsp3) is 0.320. The van der Waals surface area contributed by atoms with E-state index in [1.807, 2.05) is 30.4 Å². The van der Waals surface area contributed by atoms with Gasteiger partial charge in [0, 0.05) is 10.9 Å². The molecule has 8 heteroatoms. The maximum Gasteiger partial charge on any atom is 0.408 e. The van der Waals surface area contributed by atoms with E-state index < -0.39 is 35.4 Å². The summed E-state index contributed by atoms with van der Waals surface area (Å²) in [4.78, 5) is 37.3. The van der Waals surface area contributed by atoms with Crippen LogP contribution in [0.1, 0.15) is 24.0 Å². The predicted molar refractivity (Wildman–Crippen MR) is 121 cm³/mol. The zero-order valence-electron chi connectivity index (χ0n) is 17.7. The van der Waals surface area contributed by atoms with E-state index >= 15 is 0 Å². The van der Waals surface area contributed by atoms with Gasteiger partial charge in [0.15, 0.2) is 5.54 Å². The number of carboxylic acids is 2. The highest BCUT2D eigenvalue weighted by Gasteiger charge is 2.69. The van der Waals surface area contributed by atoms with Crippen molar-refractivity contribution >= 4 is 35.7 Å². The van der Waals surface area contributed by atoms with Gasteiger partial charge in [-0.2, -0.15) is 0 Å². The third kappa shape index (κ3) is 4.46. The number of rotatable bonds is 7. The van der Waals surface area contributed by atoms with Crippen LogP contribution in [0.25, 0.3) is 6.08 Å². The Morgan fingerprint density at radius 2 is 1.76 bits per heavy atom. The number of halogens is 1. The molecule has 0 saturated heterocycles. The first kappa shape index (κ1) is 22.9. The third-order valence-electron chi connectivity index (χ3n) is 6.74. The Morgan fingerprint density at radius 1 is 1.06 bits per heavy atom. The fourth-order valence-corrected chi connectivity index (χ4v) is 5.50. The van der Waals surface area contributed by atoms with Crippen LogP contribution >= 0.6 is 11.6 Å². The second-order valence-electron chi connectivity index (χ2n) is 8.59. The van der Waals surface area contributed by atoms with E-state index in [2.05, 4.69) is 5.32 Å². The predicted octanol–water partition coefficient (Wildman–Crippen LogP) is 4.46. The smallest absolute Gasteiger partial charge is 0.408 e. The van der Waals surface area contributed by atoms with Crippen molar-refractivity contribution < 1.29 is 29.3 Å². The Balaban J connectivity index is 1.56. The lowest BCUT2D eigenvalue weighted by Gasteiger charge is -2.41. The first-order valence-electron chi connectivity index (χ1n) is 10.7. The summed E-state index contributed by atoms with van der Waals surface area (Å²) in [6, 6.07) is 16.2. The molecule has 2 aromatic rings. The number of carbonyl (C=O) groups is 3. The van der Waals surface area contributed by atoms with Gasteiger partial charge < -0.3 is 20.3 Å². The highest BCUT2D eigenvalue weighted by molar-refractivity contribution is 6.30. The second-order valence-corrected chi connectivity index (χ2v) is 9.03. The zero-order chi connectivity index (χ0) is 23.6. The van der Waals surface area contributed by atoms with Gasteiger partial charge in [0.1, 0.15) is 6.61 Å². The summed E-state index contributed by atoms with van der Waals surface area (Å²) in [7, 11) is 0. The maximum atomic E-state index is 12.6. The number of fused-ring (bicyclic) bond motifs is 2. The molecule has 2 saturated carbocycles. The molecule has 172 valence electrons. The minimum atomic E-state index is -1.95. The average Bonchev–Trinajstić information content (AvgIpc) is 3.35. The van der Waals surface area contributed by atoms with Crippen LogP contribution in [0.4, 0.5) is 4.79 Å². The zero-order valence-corrected chi connectivity index (χ0v) is 18.4. The van der Waals surface area contributed by atoms with Crippen molar-refractivity contribution in [1.82, 2.24) is 5.32 Å². The Kier molecular flexibility index (Phi) is 6.42. The molecule has 3 N–H and O–H groups in total. The quantitative estimate of drug-likeness (QED) is 0.551. The number of nitrogens with one attached hydrogen (secondary N) is 1. The van der Waals surface area contributed by atoms with Gasteiger partial charge in [0.05, 0.1) is 5.92 Å². The molecule has 0 radical (unpaired) electrons. The van der Waals surface area contributed by atoms with Gasteiger partial charge in [-0.1, -0.05) is 66.2 Å². The van der Waals surface area contributed by atoms with Gasteiger partial charge in [-0.05, 0) is 47.9 Å². The summed E-state index contributed by atoms with van der Waals surface area (Å²) in [5.74, 6) is -4.96. The first-order chi connectivity index (χ1) is 15.8. The Hall–Kier alpha value is -3.32. The van der Waals surface area contributed by atoms with Gasteiger partial charge in [-0.15, -0.1) is 0 Å². The molecule has 0 unspecified atom stereocenters. The van der Waals surface area contributed by atoms with Crippen molar-refractivity contribution in [2.24, 2.45) is 23.7 Å².